The molecular formula is C13H19N3O2. The van der Waals surface area contributed by atoms with E-state index in [1.807, 2.05) is 19.9 Å². The summed E-state index contributed by atoms with van der Waals surface area (Å²) in [4.78, 5) is 16.3. The second-order valence-corrected chi connectivity index (χ2v) is 4.76. The number of anilines is 1. The van der Waals surface area contributed by atoms with Crippen LogP contribution in [0.25, 0.3) is 0 Å². The predicted molar refractivity (Wildman–Crippen MR) is 69.6 cm³/mol. The van der Waals surface area contributed by atoms with Crippen LogP contribution < -0.4 is 15.4 Å². The lowest BCUT2D eigenvalue weighted by Gasteiger charge is -2.21. The fourth-order valence-electron chi connectivity index (χ4n) is 1.98. The number of pyridine rings is 1. The number of rotatable bonds is 4. The summed E-state index contributed by atoms with van der Waals surface area (Å²) in [5, 5.41) is 6.11. The summed E-state index contributed by atoms with van der Waals surface area (Å²) >= 11 is 0. The molecule has 0 aromatic carbocycles. The van der Waals surface area contributed by atoms with E-state index in [1.54, 1.807) is 12.3 Å². The van der Waals surface area contributed by atoms with E-state index in [2.05, 4.69) is 15.6 Å². The van der Waals surface area contributed by atoms with E-state index in [0.29, 0.717) is 18.2 Å². The Balaban J connectivity index is 1.98. The summed E-state index contributed by atoms with van der Waals surface area (Å²) in [7, 11) is 0. The Morgan fingerprint density at radius 3 is 3.00 bits per heavy atom. The van der Waals surface area contributed by atoms with Gasteiger partial charge in [0.25, 0.3) is 0 Å². The molecule has 1 saturated heterocycles. The zero-order chi connectivity index (χ0) is 13.0. The highest BCUT2D eigenvalue weighted by molar-refractivity contribution is 5.95. The van der Waals surface area contributed by atoms with Crippen molar-refractivity contribution in [2.75, 3.05) is 25.0 Å². The maximum absolute atomic E-state index is 12.1. The predicted octanol–water partition coefficient (Wildman–Crippen LogP) is 1.42. The van der Waals surface area contributed by atoms with E-state index in [-0.39, 0.29) is 11.3 Å². The number of nitrogens with zero attached hydrogens (tertiary/aromatic N) is 1. The number of amides is 1. The first kappa shape index (κ1) is 12.8. The first-order valence-corrected chi connectivity index (χ1v) is 6.25. The monoisotopic (exact) mass is 249 g/mol. The average Bonchev–Trinajstić information content (AvgIpc) is 2.80. The molecule has 1 aromatic heterocycles. The molecule has 5 nitrogen and oxygen atoms in total. The van der Waals surface area contributed by atoms with Crippen molar-refractivity contribution in [1.82, 2.24) is 10.3 Å². The maximum atomic E-state index is 12.1. The van der Waals surface area contributed by atoms with Crippen LogP contribution in [0.5, 0.6) is 5.88 Å². The largest absolute Gasteiger partial charge is 0.478 e. The van der Waals surface area contributed by atoms with Crippen LogP contribution in [0.3, 0.4) is 0 Å². The number of carbonyl (C=O) groups excluding carboxylic acids is 1. The molecule has 0 bridgehead atoms. The zero-order valence-electron chi connectivity index (χ0n) is 10.8. The standard InChI is InChI=1S/C13H19N3O2/c1-3-18-11-5-4-10(8-15-11)16-12(17)13(2)6-7-14-9-13/h4-5,8,14H,3,6-7,9H2,1-2H3,(H,16,17). The van der Waals surface area contributed by atoms with Gasteiger partial charge in [0.2, 0.25) is 11.8 Å². The molecule has 1 aliphatic rings. The zero-order valence-corrected chi connectivity index (χ0v) is 10.8. The number of hydrogen-bond acceptors (Lipinski definition) is 4. The Kier molecular flexibility index (Phi) is 3.81. The summed E-state index contributed by atoms with van der Waals surface area (Å²) < 4.78 is 5.25. The molecule has 1 unspecified atom stereocenters. The van der Waals surface area contributed by atoms with Crippen LogP contribution >= 0.6 is 0 Å². The van der Waals surface area contributed by atoms with Gasteiger partial charge in [-0.1, -0.05) is 0 Å². The van der Waals surface area contributed by atoms with Crippen LogP contribution in [0.1, 0.15) is 20.3 Å². The third-order valence-electron chi connectivity index (χ3n) is 3.20. The maximum Gasteiger partial charge on any atom is 0.231 e. The van der Waals surface area contributed by atoms with Crippen LogP contribution in [-0.4, -0.2) is 30.6 Å². The Morgan fingerprint density at radius 1 is 1.61 bits per heavy atom. The van der Waals surface area contributed by atoms with Crippen molar-refractivity contribution in [3.63, 3.8) is 0 Å². The lowest BCUT2D eigenvalue weighted by atomic mass is 9.89. The Labute approximate surface area is 107 Å². The Morgan fingerprint density at radius 2 is 2.44 bits per heavy atom. The molecule has 2 heterocycles. The topological polar surface area (TPSA) is 63.2 Å². The molecule has 2 N–H and O–H groups in total. The first-order valence-electron chi connectivity index (χ1n) is 6.25. The molecule has 1 fully saturated rings. The highest BCUT2D eigenvalue weighted by Crippen LogP contribution is 2.26. The van der Waals surface area contributed by atoms with Gasteiger partial charge in [0.15, 0.2) is 0 Å². The number of aromatic nitrogens is 1. The van der Waals surface area contributed by atoms with Crippen LogP contribution in [0.4, 0.5) is 5.69 Å². The van der Waals surface area contributed by atoms with Gasteiger partial charge in [-0.05, 0) is 32.9 Å². The van der Waals surface area contributed by atoms with E-state index in [4.69, 9.17) is 4.74 Å². The van der Waals surface area contributed by atoms with Gasteiger partial charge in [-0.15, -0.1) is 0 Å². The minimum absolute atomic E-state index is 0.0402. The molecule has 0 spiro atoms. The Bertz CT molecular complexity index is 411. The molecule has 1 aromatic rings. The molecule has 0 aliphatic carbocycles. The lowest BCUT2D eigenvalue weighted by molar-refractivity contribution is -0.123. The van der Waals surface area contributed by atoms with Gasteiger partial charge >= 0.3 is 0 Å². The molecule has 1 aliphatic heterocycles. The summed E-state index contributed by atoms with van der Waals surface area (Å²) in [5.74, 6) is 0.614. The minimum Gasteiger partial charge on any atom is -0.478 e. The Hall–Kier alpha value is -1.62. The quantitative estimate of drug-likeness (QED) is 0.847. The molecule has 0 radical (unpaired) electrons. The van der Waals surface area contributed by atoms with E-state index in [1.165, 1.54) is 0 Å². The van der Waals surface area contributed by atoms with Crippen molar-refractivity contribution in [2.24, 2.45) is 5.41 Å². The summed E-state index contributed by atoms with van der Waals surface area (Å²) in [5.41, 5.74) is 0.384. The molecule has 98 valence electrons. The van der Waals surface area contributed by atoms with Crippen LogP contribution in [0, 0.1) is 5.41 Å². The molecule has 0 saturated carbocycles. The van der Waals surface area contributed by atoms with Gasteiger partial charge in [-0.3, -0.25) is 4.79 Å². The van der Waals surface area contributed by atoms with Gasteiger partial charge < -0.3 is 15.4 Å². The highest BCUT2D eigenvalue weighted by Gasteiger charge is 2.36. The fraction of sp³-hybridized carbons (Fsp3) is 0.538. The van der Waals surface area contributed by atoms with Crippen LogP contribution in [-0.2, 0) is 4.79 Å². The van der Waals surface area contributed by atoms with Gasteiger partial charge in [0.1, 0.15) is 0 Å². The van der Waals surface area contributed by atoms with Gasteiger partial charge in [0.05, 0.1) is 23.9 Å². The van der Waals surface area contributed by atoms with E-state index < -0.39 is 0 Å². The third kappa shape index (κ3) is 2.79. The smallest absolute Gasteiger partial charge is 0.231 e. The molecule has 1 atom stereocenters. The number of hydrogen-bond donors (Lipinski definition) is 2. The second-order valence-electron chi connectivity index (χ2n) is 4.76. The SMILES string of the molecule is CCOc1ccc(NC(=O)C2(C)CCNC2)cn1. The van der Waals surface area contributed by atoms with E-state index in [9.17, 15) is 4.79 Å². The van der Waals surface area contributed by atoms with E-state index in [0.717, 1.165) is 19.5 Å². The minimum atomic E-state index is -0.321. The molecular weight excluding hydrogens is 230 g/mol. The van der Waals surface area contributed by atoms with Gasteiger partial charge in [-0.2, -0.15) is 0 Å². The molecule has 1 amide bonds. The summed E-state index contributed by atoms with van der Waals surface area (Å²) in [6.07, 6.45) is 2.48. The number of carbonyl (C=O) groups is 1. The van der Waals surface area contributed by atoms with Crippen molar-refractivity contribution < 1.29 is 9.53 Å². The fourth-order valence-corrected chi connectivity index (χ4v) is 1.98. The van der Waals surface area contributed by atoms with Gasteiger partial charge in [-0.25, -0.2) is 4.98 Å². The molecule has 2 rings (SSSR count). The van der Waals surface area contributed by atoms with Crippen LogP contribution in [0.15, 0.2) is 18.3 Å². The number of ether oxygens (including phenoxy) is 1. The first-order chi connectivity index (χ1) is 8.64. The number of nitrogens with one attached hydrogen (secondary N) is 2. The highest BCUT2D eigenvalue weighted by atomic mass is 16.5. The average molecular weight is 249 g/mol. The van der Waals surface area contributed by atoms with Crippen molar-refractivity contribution in [2.45, 2.75) is 20.3 Å². The summed E-state index contributed by atoms with van der Waals surface area (Å²) in [6.45, 7) is 6.09. The van der Waals surface area contributed by atoms with Crippen LogP contribution in [0.2, 0.25) is 0 Å². The molecule has 18 heavy (non-hydrogen) atoms. The van der Waals surface area contributed by atoms with Crippen molar-refractivity contribution >= 4 is 11.6 Å². The van der Waals surface area contributed by atoms with Crippen molar-refractivity contribution in [3.8, 4) is 5.88 Å². The second kappa shape index (κ2) is 5.35. The third-order valence-corrected chi connectivity index (χ3v) is 3.20. The van der Waals surface area contributed by atoms with Crippen molar-refractivity contribution in [3.05, 3.63) is 18.3 Å². The van der Waals surface area contributed by atoms with Gasteiger partial charge in [0, 0.05) is 12.6 Å². The van der Waals surface area contributed by atoms with E-state index >= 15 is 0 Å². The lowest BCUT2D eigenvalue weighted by Crippen LogP contribution is -2.35. The summed E-state index contributed by atoms with van der Waals surface area (Å²) in [6, 6.07) is 3.57. The molecule has 5 heteroatoms. The normalized spacial score (nSPS) is 22.8. The van der Waals surface area contributed by atoms with Crippen molar-refractivity contribution in [1.29, 1.82) is 0 Å².